The minimum atomic E-state index is -1.35. The summed E-state index contributed by atoms with van der Waals surface area (Å²) < 4.78 is 0. The number of aliphatic carboxylic acids is 1. The van der Waals surface area contributed by atoms with Gasteiger partial charge in [0.05, 0.1) is 12.0 Å². The zero-order chi connectivity index (χ0) is 13.9. The molecule has 1 fully saturated rings. The van der Waals surface area contributed by atoms with Crippen LogP contribution in [0.15, 0.2) is 0 Å². The van der Waals surface area contributed by atoms with E-state index in [-0.39, 0.29) is 6.54 Å². The molecule has 8 nitrogen and oxygen atoms in total. The van der Waals surface area contributed by atoms with Crippen molar-refractivity contribution in [2.45, 2.75) is 19.4 Å². The predicted molar refractivity (Wildman–Crippen MR) is 60.5 cm³/mol. The Labute approximate surface area is 104 Å². The van der Waals surface area contributed by atoms with Crippen LogP contribution >= 0.6 is 0 Å². The minimum Gasteiger partial charge on any atom is -0.480 e. The number of carbonyl (C=O) groups is 3. The van der Waals surface area contributed by atoms with E-state index < -0.39 is 36.0 Å². The van der Waals surface area contributed by atoms with Crippen LogP contribution in [-0.2, 0) is 9.59 Å². The van der Waals surface area contributed by atoms with Gasteiger partial charge < -0.3 is 26.2 Å². The van der Waals surface area contributed by atoms with Crippen molar-refractivity contribution in [1.82, 2.24) is 10.2 Å². The van der Waals surface area contributed by atoms with Gasteiger partial charge in [0.1, 0.15) is 0 Å². The number of aliphatic hydroxyl groups excluding tert-OH is 1. The third kappa shape index (κ3) is 2.89. The average molecular weight is 259 g/mol. The van der Waals surface area contributed by atoms with Crippen molar-refractivity contribution in [3.8, 4) is 0 Å². The van der Waals surface area contributed by atoms with Crippen molar-refractivity contribution >= 4 is 17.9 Å². The van der Waals surface area contributed by atoms with Crippen LogP contribution < -0.4 is 11.1 Å². The van der Waals surface area contributed by atoms with Gasteiger partial charge in [-0.15, -0.1) is 0 Å². The number of carboxylic acid groups (broad SMARTS) is 1. The first-order chi connectivity index (χ1) is 8.30. The number of rotatable bonds is 4. The zero-order valence-corrected chi connectivity index (χ0v) is 10.0. The van der Waals surface area contributed by atoms with Crippen LogP contribution in [0.4, 0.5) is 4.79 Å². The number of likely N-dealkylation sites (tertiary alicyclic amines) is 1. The van der Waals surface area contributed by atoms with Gasteiger partial charge in [0.25, 0.3) is 0 Å². The summed E-state index contributed by atoms with van der Waals surface area (Å²) in [6.45, 7) is 1.43. The first kappa shape index (κ1) is 14.2. The summed E-state index contributed by atoms with van der Waals surface area (Å²) in [5.74, 6) is -1.81. The lowest BCUT2D eigenvalue weighted by molar-refractivity contribution is -0.140. The second-order valence-corrected chi connectivity index (χ2v) is 4.62. The highest BCUT2D eigenvalue weighted by Crippen LogP contribution is 2.29. The van der Waals surface area contributed by atoms with Gasteiger partial charge in [-0.05, 0) is 13.3 Å². The first-order valence-electron chi connectivity index (χ1n) is 5.49. The van der Waals surface area contributed by atoms with Crippen LogP contribution in [0.1, 0.15) is 13.3 Å². The summed E-state index contributed by atoms with van der Waals surface area (Å²) in [5, 5.41) is 19.6. The number of aliphatic hydroxyl groups is 1. The highest BCUT2D eigenvalue weighted by molar-refractivity contribution is 5.85. The molecular formula is C10H17N3O5. The minimum absolute atomic E-state index is 0.145. The number of nitrogens with one attached hydrogen (secondary N) is 1. The number of nitrogens with two attached hydrogens (primary N) is 1. The molecule has 0 spiro atoms. The average Bonchev–Trinajstić information content (AvgIpc) is 2.69. The molecule has 2 unspecified atom stereocenters. The zero-order valence-electron chi connectivity index (χ0n) is 10.0. The topological polar surface area (TPSA) is 133 Å². The fourth-order valence-corrected chi connectivity index (χ4v) is 1.76. The fraction of sp³-hybridized carbons (Fsp3) is 0.700. The van der Waals surface area contributed by atoms with Crippen LogP contribution in [0, 0.1) is 5.41 Å². The maximum absolute atomic E-state index is 11.7. The monoisotopic (exact) mass is 259 g/mol. The maximum Gasteiger partial charge on any atom is 0.328 e. The molecule has 5 N–H and O–H groups in total. The molecule has 1 heterocycles. The summed E-state index contributed by atoms with van der Waals surface area (Å²) in [7, 11) is 0. The molecule has 0 saturated carbocycles. The molecule has 3 amide bonds. The normalized spacial score (nSPS) is 24.7. The molecule has 0 radical (unpaired) electrons. The molecule has 1 aliphatic heterocycles. The van der Waals surface area contributed by atoms with E-state index in [1.165, 1.54) is 4.90 Å². The van der Waals surface area contributed by atoms with Gasteiger partial charge in [-0.3, -0.25) is 4.79 Å². The molecule has 0 bridgehead atoms. The highest BCUT2D eigenvalue weighted by Gasteiger charge is 2.41. The standard InChI is InChI=1S/C10H17N3O5/c1-10(8(11)17)2-3-13(5-10)9(18)12-6(4-14)7(15)16/h6,14H,2-5H2,1H3,(H2,11,17)(H,12,18)(H,15,16). The third-order valence-corrected chi connectivity index (χ3v) is 3.13. The van der Waals surface area contributed by atoms with E-state index in [9.17, 15) is 14.4 Å². The molecule has 8 heteroatoms. The number of carboxylic acids is 1. The Kier molecular flexibility index (Phi) is 4.12. The van der Waals surface area contributed by atoms with Crippen molar-refractivity contribution < 1.29 is 24.6 Å². The number of primary amides is 1. The van der Waals surface area contributed by atoms with E-state index in [0.717, 1.165) is 0 Å². The predicted octanol–water partition coefficient (Wildman–Crippen LogP) is -1.66. The maximum atomic E-state index is 11.7. The van der Waals surface area contributed by atoms with Gasteiger partial charge in [-0.25, -0.2) is 9.59 Å². The number of amides is 3. The Morgan fingerprint density at radius 3 is 2.50 bits per heavy atom. The van der Waals surface area contributed by atoms with Gasteiger partial charge in [-0.2, -0.15) is 0 Å². The van der Waals surface area contributed by atoms with Gasteiger partial charge in [0.2, 0.25) is 5.91 Å². The molecule has 1 rings (SSSR count). The van der Waals surface area contributed by atoms with E-state index in [0.29, 0.717) is 13.0 Å². The van der Waals surface area contributed by atoms with Crippen LogP contribution in [0.2, 0.25) is 0 Å². The molecule has 18 heavy (non-hydrogen) atoms. The first-order valence-corrected chi connectivity index (χ1v) is 5.49. The lowest BCUT2D eigenvalue weighted by Gasteiger charge is -2.22. The van der Waals surface area contributed by atoms with Crippen molar-refractivity contribution in [2.24, 2.45) is 11.1 Å². The smallest absolute Gasteiger partial charge is 0.328 e. The van der Waals surface area contributed by atoms with E-state index in [4.69, 9.17) is 15.9 Å². The van der Waals surface area contributed by atoms with E-state index in [2.05, 4.69) is 5.32 Å². The Bertz CT molecular complexity index is 373. The van der Waals surface area contributed by atoms with Crippen molar-refractivity contribution in [2.75, 3.05) is 19.7 Å². The molecule has 1 saturated heterocycles. The van der Waals surface area contributed by atoms with Gasteiger partial charge in [0.15, 0.2) is 6.04 Å². The van der Waals surface area contributed by atoms with Gasteiger partial charge in [0, 0.05) is 13.1 Å². The molecule has 0 aromatic carbocycles. The molecule has 102 valence electrons. The van der Waals surface area contributed by atoms with E-state index in [1.54, 1.807) is 6.92 Å². The van der Waals surface area contributed by atoms with Crippen LogP contribution in [0.3, 0.4) is 0 Å². The SMILES string of the molecule is CC1(C(N)=O)CCN(C(=O)NC(CO)C(=O)O)C1. The third-order valence-electron chi connectivity index (χ3n) is 3.13. The summed E-state index contributed by atoms with van der Waals surface area (Å²) in [5.41, 5.74) is 4.46. The van der Waals surface area contributed by atoms with E-state index >= 15 is 0 Å². The Hall–Kier alpha value is -1.83. The summed E-state index contributed by atoms with van der Waals surface area (Å²) in [4.78, 5) is 34.9. The number of hydrogen-bond acceptors (Lipinski definition) is 4. The lowest BCUT2D eigenvalue weighted by atomic mass is 9.89. The van der Waals surface area contributed by atoms with Gasteiger partial charge in [-0.1, -0.05) is 0 Å². The number of urea groups is 1. The van der Waals surface area contributed by atoms with E-state index in [1.807, 2.05) is 0 Å². The summed E-state index contributed by atoms with van der Waals surface area (Å²) in [6.07, 6.45) is 0.437. The van der Waals surface area contributed by atoms with Crippen LogP contribution in [0.25, 0.3) is 0 Å². The Balaban J connectivity index is 2.60. The molecule has 0 aromatic rings. The second-order valence-electron chi connectivity index (χ2n) is 4.62. The lowest BCUT2D eigenvalue weighted by Crippen LogP contribution is -2.49. The number of carbonyl (C=O) groups excluding carboxylic acids is 2. The number of hydrogen-bond donors (Lipinski definition) is 4. The van der Waals surface area contributed by atoms with Crippen molar-refractivity contribution in [3.63, 3.8) is 0 Å². The Morgan fingerprint density at radius 1 is 1.50 bits per heavy atom. The highest BCUT2D eigenvalue weighted by atomic mass is 16.4. The molecule has 0 aliphatic carbocycles. The second kappa shape index (κ2) is 5.21. The Morgan fingerprint density at radius 2 is 2.11 bits per heavy atom. The quantitative estimate of drug-likeness (QED) is 0.479. The van der Waals surface area contributed by atoms with Crippen molar-refractivity contribution in [3.05, 3.63) is 0 Å². The van der Waals surface area contributed by atoms with Crippen molar-refractivity contribution in [1.29, 1.82) is 0 Å². The molecule has 0 aromatic heterocycles. The van der Waals surface area contributed by atoms with Crippen LogP contribution in [-0.4, -0.2) is 58.8 Å². The molecule has 2 atom stereocenters. The summed E-state index contributed by atoms with van der Waals surface area (Å²) in [6, 6.07) is -1.97. The van der Waals surface area contributed by atoms with Gasteiger partial charge >= 0.3 is 12.0 Å². The molecular weight excluding hydrogens is 242 g/mol. The summed E-state index contributed by atoms with van der Waals surface area (Å²) >= 11 is 0. The van der Waals surface area contributed by atoms with Crippen LogP contribution in [0.5, 0.6) is 0 Å². The molecule has 1 aliphatic rings. The fourth-order valence-electron chi connectivity index (χ4n) is 1.76. The number of nitrogens with zero attached hydrogens (tertiary/aromatic N) is 1. The largest absolute Gasteiger partial charge is 0.480 e.